The number of nitro benzene ring substituents is 1. The molecule has 0 aliphatic heterocycles. The summed E-state index contributed by atoms with van der Waals surface area (Å²) in [6.45, 7) is 1.20. The minimum Gasteiger partial charge on any atom is -0.483 e. The minimum absolute atomic E-state index is 0.0252. The number of hydrogen-bond donors (Lipinski definition) is 1. The Kier molecular flexibility index (Phi) is 5.77. The molecule has 0 bridgehead atoms. The van der Waals surface area contributed by atoms with Gasteiger partial charge in [0.05, 0.1) is 21.9 Å². The van der Waals surface area contributed by atoms with Gasteiger partial charge in [-0.3, -0.25) is 29.2 Å². The average molecular weight is 410 g/mol. The van der Waals surface area contributed by atoms with E-state index >= 15 is 0 Å². The SMILES string of the molecule is Cc1c(NC(=O)COc2ccc([N+](=O)[O-])cc2C=O)c(=O)n(-c2ccccc2)n1C. The summed E-state index contributed by atoms with van der Waals surface area (Å²) < 4.78 is 8.36. The predicted molar refractivity (Wildman–Crippen MR) is 108 cm³/mol. The van der Waals surface area contributed by atoms with Gasteiger partial charge in [0.2, 0.25) is 0 Å². The molecule has 154 valence electrons. The number of hydrogen-bond acceptors (Lipinski definition) is 6. The Labute approximate surface area is 170 Å². The van der Waals surface area contributed by atoms with Crippen LogP contribution in [0.1, 0.15) is 16.1 Å². The Morgan fingerprint density at radius 3 is 2.57 bits per heavy atom. The van der Waals surface area contributed by atoms with Gasteiger partial charge in [-0.1, -0.05) is 18.2 Å². The Morgan fingerprint density at radius 1 is 1.23 bits per heavy atom. The number of amides is 1. The van der Waals surface area contributed by atoms with Crippen molar-refractivity contribution in [3.63, 3.8) is 0 Å². The van der Waals surface area contributed by atoms with Crippen molar-refractivity contribution >= 4 is 23.6 Å². The van der Waals surface area contributed by atoms with Crippen LogP contribution in [0.25, 0.3) is 5.69 Å². The molecule has 0 saturated carbocycles. The number of aldehydes is 1. The minimum atomic E-state index is -0.639. The van der Waals surface area contributed by atoms with Crippen molar-refractivity contribution in [2.75, 3.05) is 11.9 Å². The highest BCUT2D eigenvalue weighted by Gasteiger charge is 2.19. The summed E-state index contributed by atoms with van der Waals surface area (Å²) in [5.74, 6) is -0.589. The van der Waals surface area contributed by atoms with E-state index in [4.69, 9.17) is 4.74 Å². The maximum atomic E-state index is 12.8. The van der Waals surface area contributed by atoms with Gasteiger partial charge in [0, 0.05) is 19.2 Å². The van der Waals surface area contributed by atoms with Crippen LogP contribution in [0.2, 0.25) is 0 Å². The lowest BCUT2D eigenvalue weighted by Gasteiger charge is -2.08. The smallest absolute Gasteiger partial charge is 0.295 e. The van der Waals surface area contributed by atoms with Crippen molar-refractivity contribution < 1.29 is 19.2 Å². The van der Waals surface area contributed by atoms with Crippen molar-refractivity contribution in [2.45, 2.75) is 6.92 Å². The van der Waals surface area contributed by atoms with Gasteiger partial charge in [-0.05, 0) is 25.1 Å². The van der Waals surface area contributed by atoms with Gasteiger partial charge in [0.15, 0.2) is 12.9 Å². The zero-order chi connectivity index (χ0) is 21.8. The predicted octanol–water partition coefficient (Wildman–Crippen LogP) is 2.22. The Morgan fingerprint density at radius 2 is 1.93 bits per heavy atom. The first-order chi connectivity index (χ1) is 14.3. The lowest BCUT2D eigenvalue weighted by atomic mass is 10.2. The molecule has 10 heteroatoms. The molecule has 30 heavy (non-hydrogen) atoms. The van der Waals surface area contributed by atoms with Gasteiger partial charge in [0.1, 0.15) is 11.4 Å². The summed E-state index contributed by atoms with van der Waals surface area (Å²) in [6.07, 6.45) is 0.403. The van der Waals surface area contributed by atoms with Crippen molar-refractivity contribution in [3.8, 4) is 11.4 Å². The molecule has 0 fully saturated rings. The van der Waals surface area contributed by atoms with Crippen molar-refractivity contribution in [1.82, 2.24) is 9.36 Å². The van der Waals surface area contributed by atoms with Crippen molar-refractivity contribution in [2.24, 2.45) is 7.05 Å². The number of nitrogens with zero attached hydrogens (tertiary/aromatic N) is 3. The number of anilines is 1. The number of carbonyl (C=O) groups is 2. The molecular formula is C20H18N4O6. The van der Waals surface area contributed by atoms with Crippen LogP contribution in [0, 0.1) is 17.0 Å². The molecule has 3 rings (SSSR count). The largest absolute Gasteiger partial charge is 0.483 e. The zero-order valence-electron chi connectivity index (χ0n) is 16.2. The molecule has 0 radical (unpaired) electrons. The third kappa shape index (κ3) is 3.97. The van der Waals surface area contributed by atoms with Crippen LogP contribution in [-0.2, 0) is 11.8 Å². The van der Waals surface area contributed by atoms with Gasteiger partial charge >= 0.3 is 0 Å². The molecule has 0 aliphatic rings. The number of aromatic nitrogens is 2. The van der Waals surface area contributed by atoms with Crippen LogP contribution < -0.4 is 15.6 Å². The van der Waals surface area contributed by atoms with Gasteiger partial charge in [0.25, 0.3) is 17.2 Å². The molecule has 1 N–H and O–H groups in total. The lowest BCUT2D eigenvalue weighted by Crippen LogP contribution is -2.25. The second kappa shape index (κ2) is 8.43. The summed E-state index contributed by atoms with van der Waals surface area (Å²) in [7, 11) is 1.70. The average Bonchev–Trinajstić information content (AvgIpc) is 2.95. The van der Waals surface area contributed by atoms with E-state index in [0.717, 1.165) is 6.07 Å². The number of carbonyl (C=O) groups excluding carboxylic acids is 2. The normalized spacial score (nSPS) is 10.5. The molecule has 3 aromatic rings. The fourth-order valence-electron chi connectivity index (χ4n) is 2.90. The maximum absolute atomic E-state index is 12.8. The van der Waals surface area contributed by atoms with Crippen LogP contribution >= 0.6 is 0 Å². The van der Waals surface area contributed by atoms with Crippen LogP contribution in [0.15, 0.2) is 53.3 Å². The topological polar surface area (TPSA) is 125 Å². The molecule has 0 atom stereocenters. The Bertz CT molecular complexity index is 1180. The van der Waals surface area contributed by atoms with E-state index in [-0.39, 0.29) is 22.7 Å². The summed E-state index contributed by atoms with van der Waals surface area (Å²) in [5.41, 5.74) is 0.565. The number of rotatable bonds is 7. The molecule has 1 aromatic heterocycles. The first-order valence-electron chi connectivity index (χ1n) is 8.83. The van der Waals surface area contributed by atoms with E-state index in [1.807, 2.05) is 6.07 Å². The number of nitrogens with one attached hydrogen (secondary N) is 1. The van der Waals surface area contributed by atoms with Crippen molar-refractivity contribution in [3.05, 3.63) is 80.3 Å². The highest BCUT2D eigenvalue weighted by Crippen LogP contribution is 2.23. The van der Waals surface area contributed by atoms with E-state index in [1.165, 1.54) is 16.8 Å². The second-order valence-corrected chi connectivity index (χ2v) is 6.37. The molecule has 2 aromatic carbocycles. The van der Waals surface area contributed by atoms with E-state index in [1.54, 1.807) is 42.9 Å². The number of para-hydroxylation sites is 1. The van der Waals surface area contributed by atoms with Crippen molar-refractivity contribution in [1.29, 1.82) is 0 Å². The first-order valence-corrected chi connectivity index (χ1v) is 8.83. The van der Waals surface area contributed by atoms with Gasteiger partial charge in [-0.25, -0.2) is 4.68 Å². The first kappa shape index (κ1) is 20.5. The highest BCUT2D eigenvalue weighted by atomic mass is 16.6. The third-order valence-electron chi connectivity index (χ3n) is 4.51. The molecule has 1 heterocycles. The quantitative estimate of drug-likeness (QED) is 0.362. The number of benzene rings is 2. The summed E-state index contributed by atoms with van der Waals surface area (Å²) in [4.78, 5) is 46.4. The van der Waals surface area contributed by atoms with Gasteiger partial charge < -0.3 is 10.1 Å². The van der Waals surface area contributed by atoms with Gasteiger partial charge in [-0.2, -0.15) is 0 Å². The summed E-state index contributed by atoms with van der Waals surface area (Å²) in [5, 5.41) is 13.3. The van der Waals surface area contributed by atoms with Crippen LogP contribution in [0.5, 0.6) is 5.75 Å². The molecule has 1 amide bonds. The van der Waals surface area contributed by atoms with E-state index in [9.17, 15) is 24.5 Å². The molecule has 0 aliphatic carbocycles. The fourth-order valence-corrected chi connectivity index (χ4v) is 2.90. The zero-order valence-corrected chi connectivity index (χ0v) is 16.2. The Balaban J connectivity index is 1.77. The van der Waals surface area contributed by atoms with E-state index in [2.05, 4.69) is 5.32 Å². The summed E-state index contributed by atoms with van der Waals surface area (Å²) in [6, 6.07) is 12.4. The van der Waals surface area contributed by atoms with E-state index < -0.39 is 23.0 Å². The number of nitro groups is 1. The lowest BCUT2D eigenvalue weighted by molar-refractivity contribution is -0.384. The number of ether oxygens (including phenoxy) is 1. The molecule has 0 unspecified atom stereocenters. The number of non-ortho nitro benzene ring substituents is 1. The fraction of sp³-hybridized carbons (Fsp3) is 0.150. The van der Waals surface area contributed by atoms with Gasteiger partial charge in [-0.15, -0.1) is 0 Å². The van der Waals surface area contributed by atoms with Crippen LogP contribution in [-0.4, -0.2) is 33.1 Å². The second-order valence-electron chi connectivity index (χ2n) is 6.37. The maximum Gasteiger partial charge on any atom is 0.295 e. The Hall–Kier alpha value is -4.21. The molecular weight excluding hydrogens is 392 g/mol. The summed E-state index contributed by atoms with van der Waals surface area (Å²) >= 11 is 0. The molecule has 10 nitrogen and oxygen atoms in total. The monoisotopic (exact) mass is 410 g/mol. The van der Waals surface area contributed by atoms with Crippen LogP contribution in [0.3, 0.4) is 0 Å². The van der Waals surface area contributed by atoms with E-state index in [0.29, 0.717) is 17.7 Å². The molecule has 0 spiro atoms. The third-order valence-corrected chi connectivity index (χ3v) is 4.51. The van der Waals surface area contributed by atoms with Crippen LogP contribution in [0.4, 0.5) is 11.4 Å². The standard InChI is InChI=1S/C20H18N4O6/c1-13-19(20(27)23(22(13)2)15-6-4-3-5-7-15)21-18(26)12-30-17-9-8-16(24(28)29)10-14(17)11-25/h3-11H,12H2,1-2H3,(H,21,26). The molecule has 0 saturated heterocycles. The highest BCUT2D eigenvalue weighted by molar-refractivity contribution is 5.92.